The van der Waals surface area contributed by atoms with E-state index in [1.807, 2.05) is 0 Å². The molecule has 0 radical (unpaired) electrons. The molecule has 0 saturated carbocycles. The summed E-state index contributed by atoms with van der Waals surface area (Å²) in [6.07, 6.45) is -0.906. The van der Waals surface area contributed by atoms with E-state index in [1.165, 1.54) is 31.2 Å². The van der Waals surface area contributed by atoms with Gasteiger partial charge in [-0.3, -0.25) is 19.7 Å². The number of nitrogens with zero attached hydrogens (tertiary/aromatic N) is 1. The van der Waals surface area contributed by atoms with Crippen LogP contribution < -0.4 is 5.32 Å². The van der Waals surface area contributed by atoms with Crippen LogP contribution in [0.5, 0.6) is 0 Å². The van der Waals surface area contributed by atoms with Crippen molar-refractivity contribution in [3.63, 3.8) is 0 Å². The van der Waals surface area contributed by atoms with E-state index >= 15 is 0 Å². The Morgan fingerprint density at radius 3 is 2.16 bits per heavy atom. The topological polar surface area (TPSA) is 98.5 Å². The number of nitrogens with one attached hydrogen (secondary N) is 1. The van der Waals surface area contributed by atoms with E-state index in [9.17, 15) is 19.7 Å². The second kappa shape index (κ2) is 8.16. The molecule has 0 fully saturated rings. The van der Waals surface area contributed by atoms with Gasteiger partial charge < -0.3 is 10.1 Å². The molecule has 0 amide bonds. The molecule has 0 aliphatic rings. The maximum absolute atomic E-state index is 12.8. The largest absolute Gasteiger partial charge is 0.455 e. The summed E-state index contributed by atoms with van der Waals surface area (Å²) in [5.41, 5.74) is 0.881. The second-order valence-corrected chi connectivity index (χ2v) is 5.38. The summed E-state index contributed by atoms with van der Waals surface area (Å²) in [6, 6.07) is 13.4. The maximum Gasteiger partial charge on any atom is 0.303 e. The Morgan fingerprint density at radius 2 is 1.68 bits per heavy atom. The first-order chi connectivity index (χ1) is 11.9. The first kappa shape index (κ1) is 18.3. The number of esters is 1. The molecule has 0 saturated heterocycles. The second-order valence-electron chi connectivity index (χ2n) is 5.38. The Morgan fingerprint density at radius 1 is 1.08 bits per heavy atom. The van der Waals surface area contributed by atoms with Gasteiger partial charge in [0.1, 0.15) is 12.1 Å². The molecule has 7 nitrogen and oxygen atoms in total. The SMILES string of the molecule is CN[C@@H](C(=O)c1ccccc1)[C@H](OC(C)=O)c1ccc([N+](=O)[O-])cc1. The number of ether oxygens (including phenoxy) is 1. The highest BCUT2D eigenvalue weighted by Gasteiger charge is 2.31. The van der Waals surface area contributed by atoms with Crippen LogP contribution in [-0.2, 0) is 9.53 Å². The predicted octanol–water partition coefficient (Wildman–Crippen LogP) is 2.67. The molecule has 2 atom stereocenters. The Balaban J connectivity index is 2.38. The van der Waals surface area contributed by atoms with Crippen LogP contribution in [0.4, 0.5) is 5.69 Å². The lowest BCUT2D eigenvalue weighted by molar-refractivity contribution is -0.384. The summed E-state index contributed by atoms with van der Waals surface area (Å²) >= 11 is 0. The molecular weight excluding hydrogens is 324 g/mol. The van der Waals surface area contributed by atoms with Gasteiger partial charge in [-0.25, -0.2) is 0 Å². The van der Waals surface area contributed by atoms with Gasteiger partial charge in [-0.05, 0) is 24.7 Å². The summed E-state index contributed by atoms with van der Waals surface area (Å²) in [5.74, 6) is -0.794. The average molecular weight is 342 g/mol. The van der Waals surface area contributed by atoms with Gasteiger partial charge in [-0.2, -0.15) is 0 Å². The highest BCUT2D eigenvalue weighted by Crippen LogP contribution is 2.26. The minimum Gasteiger partial charge on any atom is -0.455 e. The van der Waals surface area contributed by atoms with Gasteiger partial charge in [-0.15, -0.1) is 0 Å². The standard InChI is InChI=1S/C18H18N2O5/c1-12(21)25-18(14-8-10-15(11-9-14)20(23)24)16(19-2)17(22)13-6-4-3-5-7-13/h3-11,16,18-19H,1-2H3/t16-,18+/m0/s1. The van der Waals surface area contributed by atoms with Crippen LogP contribution in [0.1, 0.15) is 28.9 Å². The number of Topliss-reactive ketones (excluding diaryl/α,β-unsaturated/α-hetero) is 1. The Hall–Kier alpha value is -3.06. The number of hydrogen-bond acceptors (Lipinski definition) is 6. The number of ketones is 1. The highest BCUT2D eigenvalue weighted by atomic mass is 16.6. The Bertz CT molecular complexity index is 759. The normalized spacial score (nSPS) is 12.9. The van der Waals surface area contributed by atoms with Crippen LogP contribution >= 0.6 is 0 Å². The number of rotatable bonds is 7. The molecule has 25 heavy (non-hydrogen) atoms. The van der Waals surface area contributed by atoms with Crippen LogP contribution in [0.25, 0.3) is 0 Å². The first-order valence-electron chi connectivity index (χ1n) is 7.62. The van der Waals surface area contributed by atoms with E-state index in [1.54, 1.807) is 37.4 Å². The number of likely N-dealkylation sites (N-methyl/N-ethyl adjacent to an activating group) is 1. The van der Waals surface area contributed by atoms with Crippen molar-refractivity contribution < 1.29 is 19.2 Å². The molecule has 0 heterocycles. The van der Waals surface area contributed by atoms with E-state index in [4.69, 9.17) is 4.74 Å². The molecular formula is C18H18N2O5. The predicted molar refractivity (Wildman–Crippen MR) is 91.2 cm³/mol. The fraction of sp³-hybridized carbons (Fsp3) is 0.222. The summed E-state index contributed by atoms with van der Waals surface area (Å²) in [5, 5.41) is 13.7. The molecule has 0 spiro atoms. The van der Waals surface area contributed by atoms with Crippen molar-refractivity contribution >= 4 is 17.4 Å². The number of non-ortho nitro benzene ring substituents is 1. The van der Waals surface area contributed by atoms with Crippen molar-refractivity contribution in [1.82, 2.24) is 5.32 Å². The fourth-order valence-corrected chi connectivity index (χ4v) is 2.49. The molecule has 0 aliphatic heterocycles. The van der Waals surface area contributed by atoms with E-state index in [-0.39, 0.29) is 11.5 Å². The van der Waals surface area contributed by atoms with E-state index in [2.05, 4.69) is 5.32 Å². The van der Waals surface area contributed by atoms with Gasteiger partial charge >= 0.3 is 5.97 Å². The van der Waals surface area contributed by atoms with Crippen LogP contribution in [0.3, 0.4) is 0 Å². The zero-order valence-electron chi connectivity index (χ0n) is 13.8. The molecule has 130 valence electrons. The number of nitro benzene ring substituents is 1. The molecule has 1 N–H and O–H groups in total. The summed E-state index contributed by atoms with van der Waals surface area (Å²) in [4.78, 5) is 34.6. The third kappa shape index (κ3) is 4.48. The van der Waals surface area contributed by atoms with Crippen LogP contribution in [-0.4, -0.2) is 29.8 Å². The van der Waals surface area contributed by atoms with Crippen molar-refractivity contribution in [2.75, 3.05) is 7.05 Å². The van der Waals surface area contributed by atoms with Crippen molar-refractivity contribution in [1.29, 1.82) is 0 Å². The number of hydrogen-bond donors (Lipinski definition) is 1. The van der Waals surface area contributed by atoms with Gasteiger partial charge in [0.2, 0.25) is 0 Å². The van der Waals surface area contributed by atoms with Crippen molar-refractivity contribution in [3.05, 3.63) is 75.8 Å². The minimum atomic E-state index is -0.906. The Labute approximate surface area is 144 Å². The number of nitro groups is 1. The summed E-state index contributed by atoms with van der Waals surface area (Å²) in [7, 11) is 1.59. The lowest BCUT2D eigenvalue weighted by Crippen LogP contribution is -2.41. The lowest BCUT2D eigenvalue weighted by Gasteiger charge is -2.26. The molecule has 2 aromatic rings. The monoisotopic (exact) mass is 342 g/mol. The smallest absolute Gasteiger partial charge is 0.303 e. The average Bonchev–Trinajstić information content (AvgIpc) is 2.62. The van der Waals surface area contributed by atoms with Crippen LogP contribution in [0.2, 0.25) is 0 Å². The molecule has 0 bridgehead atoms. The maximum atomic E-state index is 12.8. The van der Waals surface area contributed by atoms with E-state index in [0.717, 1.165) is 0 Å². The highest BCUT2D eigenvalue weighted by molar-refractivity contribution is 6.00. The molecule has 2 rings (SSSR count). The van der Waals surface area contributed by atoms with Crippen LogP contribution in [0.15, 0.2) is 54.6 Å². The van der Waals surface area contributed by atoms with Gasteiger partial charge in [0, 0.05) is 24.6 Å². The first-order valence-corrected chi connectivity index (χ1v) is 7.62. The van der Waals surface area contributed by atoms with Crippen molar-refractivity contribution in [3.8, 4) is 0 Å². The molecule has 2 aromatic carbocycles. The van der Waals surface area contributed by atoms with Crippen molar-refractivity contribution in [2.45, 2.75) is 19.1 Å². The summed E-state index contributed by atoms with van der Waals surface area (Å²) in [6.45, 7) is 1.25. The van der Waals surface area contributed by atoms with E-state index < -0.39 is 23.0 Å². The number of benzene rings is 2. The third-order valence-electron chi connectivity index (χ3n) is 3.68. The number of carbonyl (C=O) groups is 2. The van der Waals surface area contributed by atoms with Gasteiger partial charge in [-0.1, -0.05) is 30.3 Å². The molecule has 0 unspecified atom stereocenters. The van der Waals surface area contributed by atoms with Gasteiger partial charge in [0.05, 0.1) is 4.92 Å². The third-order valence-corrected chi connectivity index (χ3v) is 3.68. The lowest BCUT2D eigenvalue weighted by atomic mass is 9.94. The van der Waals surface area contributed by atoms with E-state index in [0.29, 0.717) is 11.1 Å². The zero-order valence-corrected chi connectivity index (χ0v) is 13.8. The molecule has 0 aromatic heterocycles. The fourth-order valence-electron chi connectivity index (χ4n) is 2.49. The van der Waals surface area contributed by atoms with Gasteiger partial charge in [0.15, 0.2) is 5.78 Å². The number of carbonyl (C=O) groups excluding carboxylic acids is 2. The van der Waals surface area contributed by atoms with Crippen LogP contribution in [0, 0.1) is 10.1 Å². The minimum absolute atomic E-state index is 0.0827. The van der Waals surface area contributed by atoms with Gasteiger partial charge in [0.25, 0.3) is 5.69 Å². The molecule has 0 aliphatic carbocycles. The van der Waals surface area contributed by atoms with Crippen molar-refractivity contribution in [2.24, 2.45) is 0 Å². The Kier molecular flexibility index (Phi) is 5.97. The summed E-state index contributed by atoms with van der Waals surface area (Å²) < 4.78 is 5.34. The quantitative estimate of drug-likeness (QED) is 0.359. The molecule has 7 heteroatoms. The zero-order chi connectivity index (χ0) is 18.4.